The number of carbonyl (C=O) groups is 2. The summed E-state index contributed by atoms with van der Waals surface area (Å²) in [6.45, 7) is 3.03. The third kappa shape index (κ3) is 4.99. The summed E-state index contributed by atoms with van der Waals surface area (Å²) in [5, 5.41) is 11.7. The summed E-state index contributed by atoms with van der Waals surface area (Å²) in [5.74, 6) is -0.392. The number of nitrogens with zero attached hydrogens (tertiary/aromatic N) is 1. The molecule has 1 aromatic heterocycles. The Kier molecular flexibility index (Phi) is 7.24. The summed E-state index contributed by atoms with van der Waals surface area (Å²) < 4.78 is 6.42. The molecule has 2 saturated heterocycles. The van der Waals surface area contributed by atoms with Gasteiger partial charge in [-0.1, -0.05) is 67.1 Å². The quantitative estimate of drug-likeness (QED) is 0.197. The van der Waals surface area contributed by atoms with Gasteiger partial charge in [-0.2, -0.15) is 0 Å². The highest BCUT2D eigenvalue weighted by atomic mass is 32.1. The summed E-state index contributed by atoms with van der Waals surface area (Å²) in [7, 11) is 0. The van der Waals surface area contributed by atoms with Gasteiger partial charge in [-0.05, 0) is 71.5 Å². The number of benzene rings is 2. The van der Waals surface area contributed by atoms with Crippen molar-refractivity contribution in [1.82, 2.24) is 4.90 Å². The Balaban J connectivity index is 1.24. The fourth-order valence-corrected chi connectivity index (χ4v) is 7.29. The Morgan fingerprint density at radius 2 is 1.82 bits per heavy atom. The zero-order valence-electron chi connectivity index (χ0n) is 22.1. The standard InChI is InChI=1S/C33H33NO4S/c1-2-22-18-27-31(33(37)34(32(27)36)19-26-9-6-16-39-26)28-20-38-29(30(22)28)15-12-24(23-7-4-3-5-8-23)17-21-10-13-25(35)14-11-21/h3-11,13-14,16-17,27-29,31,35H,2,12,15,18-20H2,1H3/b24-17-/t27-,28+,29-,31-/m1/s1. The number of aromatic hydroxyl groups is 1. The number of ether oxygens (including phenoxy) is 1. The van der Waals surface area contributed by atoms with Gasteiger partial charge in [0.2, 0.25) is 11.8 Å². The van der Waals surface area contributed by atoms with Crippen molar-refractivity contribution in [3.8, 4) is 5.75 Å². The highest BCUT2D eigenvalue weighted by Crippen LogP contribution is 2.51. The third-order valence-electron chi connectivity index (χ3n) is 8.47. The Morgan fingerprint density at radius 1 is 1.03 bits per heavy atom. The number of amides is 2. The molecular formula is C33H33NO4S. The topological polar surface area (TPSA) is 66.8 Å². The van der Waals surface area contributed by atoms with Crippen LogP contribution in [0.3, 0.4) is 0 Å². The van der Waals surface area contributed by atoms with Crippen molar-refractivity contribution < 1.29 is 19.4 Å². The molecule has 0 spiro atoms. The van der Waals surface area contributed by atoms with Crippen LogP contribution in [0.1, 0.15) is 48.6 Å². The van der Waals surface area contributed by atoms with Crippen molar-refractivity contribution in [1.29, 1.82) is 0 Å². The second kappa shape index (κ2) is 10.9. The van der Waals surface area contributed by atoms with E-state index in [-0.39, 0.29) is 41.4 Å². The summed E-state index contributed by atoms with van der Waals surface area (Å²) in [5.41, 5.74) is 5.97. The zero-order valence-corrected chi connectivity index (χ0v) is 22.9. The lowest BCUT2D eigenvalue weighted by Gasteiger charge is -2.31. The van der Waals surface area contributed by atoms with Gasteiger partial charge in [0.25, 0.3) is 0 Å². The van der Waals surface area contributed by atoms with Crippen LogP contribution in [-0.2, 0) is 20.9 Å². The Hall–Kier alpha value is -3.48. The fraction of sp³-hybridized carbons (Fsp3) is 0.333. The first-order chi connectivity index (χ1) is 19.0. The number of phenols is 1. The number of thiophene rings is 1. The van der Waals surface area contributed by atoms with Gasteiger partial charge >= 0.3 is 0 Å². The van der Waals surface area contributed by atoms with Crippen LogP contribution in [0.25, 0.3) is 11.6 Å². The van der Waals surface area contributed by atoms with Crippen LogP contribution in [0.15, 0.2) is 83.3 Å². The number of fused-ring (bicyclic) bond motifs is 3. The third-order valence-corrected chi connectivity index (χ3v) is 9.34. The van der Waals surface area contributed by atoms with Crippen LogP contribution >= 0.6 is 11.3 Å². The van der Waals surface area contributed by atoms with E-state index in [2.05, 4.69) is 25.1 Å². The van der Waals surface area contributed by atoms with Crippen LogP contribution in [0, 0.1) is 17.8 Å². The Bertz CT molecular complexity index is 1410. The molecule has 1 aliphatic carbocycles. The van der Waals surface area contributed by atoms with E-state index >= 15 is 0 Å². The lowest BCUT2D eigenvalue weighted by Crippen LogP contribution is -2.34. The van der Waals surface area contributed by atoms with Gasteiger partial charge in [-0.15, -0.1) is 11.3 Å². The van der Waals surface area contributed by atoms with E-state index in [1.54, 1.807) is 23.5 Å². The monoisotopic (exact) mass is 539 g/mol. The molecule has 0 saturated carbocycles. The first-order valence-electron chi connectivity index (χ1n) is 13.8. The smallest absolute Gasteiger partial charge is 0.234 e. The summed E-state index contributed by atoms with van der Waals surface area (Å²) in [6.07, 6.45) is 5.28. The number of hydrogen-bond acceptors (Lipinski definition) is 5. The van der Waals surface area contributed by atoms with Crippen LogP contribution in [0.4, 0.5) is 0 Å². The van der Waals surface area contributed by atoms with Gasteiger partial charge in [0.1, 0.15) is 5.75 Å². The maximum atomic E-state index is 13.6. The minimum atomic E-state index is -0.311. The van der Waals surface area contributed by atoms with E-state index in [1.165, 1.54) is 21.6 Å². The van der Waals surface area contributed by atoms with Crippen molar-refractivity contribution >= 4 is 34.8 Å². The molecule has 6 heteroatoms. The van der Waals surface area contributed by atoms with E-state index in [9.17, 15) is 14.7 Å². The molecule has 5 nitrogen and oxygen atoms in total. The molecule has 0 radical (unpaired) electrons. The van der Waals surface area contributed by atoms with Gasteiger partial charge < -0.3 is 9.84 Å². The molecule has 3 aromatic rings. The lowest BCUT2D eigenvalue weighted by atomic mass is 9.69. The predicted molar refractivity (Wildman–Crippen MR) is 154 cm³/mol. The van der Waals surface area contributed by atoms with Gasteiger partial charge in [0, 0.05) is 10.8 Å². The molecule has 2 aromatic carbocycles. The molecule has 2 aliphatic heterocycles. The minimum Gasteiger partial charge on any atom is -0.508 e. The molecule has 0 bridgehead atoms. The SMILES string of the molecule is CCC1=C2[C@@H](CC/C(=C/c3ccc(O)cc3)c3ccccc3)OC[C@@H]2[C@@H]2C(=O)N(Cc3cccs3)C(=O)[C@@H]2C1. The predicted octanol–water partition coefficient (Wildman–Crippen LogP) is 6.70. The number of likely N-dealkylation sites (tertiary alicyclic amines) is 1. The van der Waals surface area contributed by atoms with Crippen molar-refractivity contribution in [2.24, 2.45) is 17.8 Å². The van der Waals surface area contributed by atoms with Crippen molar-refractivity contribution in [2.45, 2.75) is 45.3 Å². The van der Waals surface area contributed by atoms with E-state index < -0.39 is 0 Å². The van der Waals surface area contributed by atoms with Crippen LogP contribution < -0.4 is 0 Å². The Labute approximate surface area is 233 Å². The molecule has 6 rings (SSSR count). The van der Waals surface area contributed by atoms with E-state index in [0.29, 0.717) is 19.6 Å². The van der Waals surface area contributed by atoms with Crippen LogP contribution in [0.5, 0.6) is 5.75 Å². The molecule has 2 fully saturated rings. The van der Waals surface area contributed by atoms with Gasteiger partial charge in [-0.25, -0.2) is 0 Å². The molecular weight excluding hydrogens is 506 g/mol. The van der Waals surface area contributed by atoms with Gasteiger partial charge in [0.05, 0.1) is 31.1 Å². The minimum absolute atomic E-state index is 0.0185. The summed E-state index contributed by atoms with van der Waals surface area (Å²) >= 11 is 1.58. The molecule has 2 amide bonds. The molecule has 3 heterocycles. The molecule has 39 heavy (non-hydrogen) atoms. The number of allylic oxidation sites excluding steroid dienone is 2. The number of hydrogen-bond donors (Lipinski definition) is 1. The molecule has 3 aliphatic rings. The van der Waals surface area contributed by atoms with Crippen molar-refractivity contribution in [3.05, 3.63) is 99.3 Å². The van der Waals surface area contributed by atoms with Crippen molar-refractivity contribution in [3.63, 3.8) is 0 Å². The average Bonchev–Trinajstić information content (AvgIpc) is 3.68. The zero-order chi connectivity index (χ0) is 26.9. The molecule has 4 atom stereocenters. The Morgan fingerprint density at radius 3 is 2.54 bits per heavy atom. The highest BCUT2D eigenvalue weighted by molar-refractivity contribution is 7.09. The lowest BCUT2D eigenvalue weighted by molar-refractivity contribution is -0.140. The number of rotatable bonds is 8. The summed E-state index contributed by atoms with van der Waals surface area (Å²) in [4.78, 5) is 29.5. The highest BCUT2D eigenvalue weighted by Gasteiger charge is 2.56. The second-order valence-corrected chi connectivity index (χ2v) is 11.7. The van der Waals surface area contributed by atoms with E-state index in [4.69, 9.17) is 4.74 Å². The second-order valence-electron chi connectivity index (χ2n) is 10.7. The van der Waals surface area contributed by atoms with Crippen molar-refractivity contribution in [2.75, 3.05) is 6.61 Å². The fourth-order valence-electron chi connectivity index (χ4n) is 6.60. The van der Waals surface area contributed by atoms with Gasteiger partial charge in [0.15, 0.2) is 0 Å². The van der Waals surface area contributed by atoms with Crippen LogP contribution in [-0.4, -0.2) is 34.5 Å². The van der Waals surface area contributed by atoms with E-state index in [0.717, 1.165) is 35.3 Å². The molecule has 1 N–H and O–H groups in total. The summed E-state index contributed by atoms with van der Waals surface area (Å²) in [6, 6.07) is 21.6. The average molecular weight is 540 g/mol. The van der Waals surface area contributed by atoms with Gasteiger partial charge in [-0.3, -0.25) is 14.5 Å². The largest absolute Gasteiger partial charge is 0.508 e. The maximum Gasteiger partial charge on any atom is 0.234 e. The van der Waals surface area contributed by atoms with Crippen LogP contribution in [0.2, 0.25) is 0 Å². The normalized spacial score (nSPS) is 24.8. The first kappa shape index (κ1) is 25.8. The van der Waals surface area contributed by atoms with E-state index in [1.807, 2.05) is 47.8 Å². The molecule has 200 valence electrons. The number of imide groups is 1. The number of phenolic OH excluding ortho intramolecular Hbond substituents is 1. The number of carbonyl (C=O) groups excluding carboxylic acids is 2. The maximum absolute atomic E-state index is 13.6. The first-order valence-corrected chi connectivity index (χ1v) is 14.7. The molecule has 0 unspecified atom stereocenters.